The molecule has 1 aliphatic carbocycles. The summed E-state index contributed by atoms with van der Waals surface area (Å²) in [6.07, 6.45) is 5.34. The van der Waals surface area contributed by atoms with E-state index in [0.29, 0.717) is 12.1 Å². The van der Waals surface area contributed by atoms with Crippen LogP contribution in [-0.2, 0) is 6.42 Å². The standard InChI is InChI=1S/C24H30N2O5/c1-28-21-10-4-17(13-16(21)3-2-12-25)24(27)26-18-5-7-19(8-6-18)31-20-9-11-22-23(14-20)30-15-29-22/h4,9-11,13-14,18-19H,2-3,5-8,12,15,25H2,1H3,(H,26,27). The molecule has 0 unspecified atom stereocenters. The molecule has 7 heteroatoms. The average molecular weight is 427 g/mol. The molecule has 2 aromatic rings. The molecule has 0 spiro atoms. The molecule has 3 N–H and O–H groups in total. The topological polar surface area (TPSA) is 92.0 Å². The van der Waals surface area contributed by atoms with Gasteiger partial charge in [-0.15, -0.1) is 0 Å². The average Bonchev–Trinajstić information content (AvgIpc) is 3.26. The summed E-state index contributed by atoms with van der Waals surface area (Å²) in [6, 6.07) is 11.4. The van der Waals surface area contributed by atoms with E-state index in [-0.39, 0.29) is 24.8 Å². The van der Waals surface area contributed by atoms with Crippen molar-refractivity contribution in [1.29, 1.82) is 0 Å². The maximum Gasteiger partial charge on any atom is 0.251 e. The van der Waals surface area contributed by atoms with Gasteiger partial charge in [-0.25, -0.2) is 0 Å². The number of amides is 1. The molecule has 1 heterocycles. The van der Waals surface area contributed by atoms with Crippen molar-refractivity contribution in [3.8, 4) is 23.0 Å². The Hall–Kier alpha value is -2.93. The summed E-state index contributed by atoms with van der Waals surface area (Å²) >= 11 is 0. The number of carbonyl (C=O) groups is 1. The van der Waals surface area contributed by atoms with Crippen LogP contribution in [0.1, 0.15) is 48.0 Å². The zero-order chi connectivity index (χ0) is 21.6. The van der Waals surface area contributed by atoms with E-state index in [1.165, 1.54) is 0 Å². The first-order valence-corrected chi connectivity index (χ1v) is 10.9. The van der Waals surface area contributed by atoms with Crippen LogP contribution in [0.25, 0.3) is 0 Å². The maximum atomic E-state index is 12.8. The van der Waals surface area contributed by atoms with Gasteiger partial charge in [0.2, 0.25) is 6.79 Å². The van der Waals surface area contributed by atoms with Crippen molar-refractivity contribution >= 4 is 5.91 Å². The predicted molar refractivity (Wildman–Crippen MR) is 117 cm³/mol. The van der Waals surface area contributed by atoms with Crippen molar-refractivity contribution in [2.75, 3.05) is 20.4 Å². The Kier molecular flexibility index (Phi) is 6.82. The molecule has 7 nitrogen and oxygen atoms in total. The fourth-order valence-electron chi connectivity index (χ4n) is 4.14. The monoisotopic (exact) mass is 426 g/mol. The first-order chi connectivity index (χ1) is 15.2. The third kappa shape index (κ3) is 5.22. The van der Waals surface area contributed by atoms with Gasteiger partial charge in [0.05, 0.1) is 13.2 Å². The number of rotatable bonds is 8. The highest BCUT2D eigenvalue weighted by Crippen LogP contribution is 2.36. The van der Waals surface area contributed by atoms with Gasteiger partial charge in [-0.2, -0.15) is 0 Å². The fourth-order valence-corrected chi connectivity index (χ4v) is 4.14. The van der Waals surface area contributed by atoms with Crippen LogP contribution in [0.15, 0.2) is 36.4 Å². The minimum atomic E-state index is -0.0446. The molecule has 0 radical (unpaired) electrons. The van der Waals surface area contributed by atoms with E-state index in [1.54, 1.807) is 7.11 Å². The summed E-state index contributed by atoms with van der Waals surface area (Å²) in [6.45, 7) is 0.865. The normalized spacial score (nSPS) is 19.7. The van der Waals surface area contributed by atoms with Crippen molar-refractivity contribution < 1.29 is 23.7 Å². The van der Waals surface area contributed by atoms with Gasteiger partial charge in [0.1, 0.15) is 11.5 Å². The van der Waals surface area contributed by atoms with Gasteiger partial charge in [-0.1, -0.05) is 0 Å². The lowest BCUT2D eigenvalue weighted by molar-refractivity contribution is 0.0893. The number of methoxy groups -OCH3 is 1. The smallest absolute Gasteiger partial charge is 0.251 e. The molecular formula is C24H30N2O5. The van der Waals surface area contributed by atoms with Crippen molar-refractivity contribution in [2.45, 2.75) is 50.7 Å². The van der Waals surface area contributed by atoms with Crippen molar-refractivity contribution in [2.24, 2.45) is 5.73 Å². The number of nitrogens with one attached hydrogen (secondary N) is 1. The second-order valence-electron chi connectivity index (χ2n) is 8.00. The van der Waals surface area contributed by atoms with Gasteiger partial charge in [0.15, 0.2) is 11.5 Å². The number of fused-ring (bicyclic) bond motifs is 1. The van der Waals surface area contributed by atoms with Crippen LogP contribution >= 0.6 is 0 Å². The van der Waals surface area contributed by atoms with E-state index in [9.17, 15) is 4.79 Å². The molecule has 1 fully saturated rings. The van der Waals surface area contributed by atoms with Crippen LogP contribution in [0.4, 0.5) is 0 Å². The summed E-state index contributed by atoms with van der Waals surface area (Å²) in [4.78, 5) is 12.8. The third-order valence-corrected chi connectivity index (χ3v) is 5.85. The molecule has 0 saturated heterocycles. The van der Waals surface area contributed by atoms with Gasteiger partial charge in [0, 0.05) is 17.7 Å². The molecule has 1 amide bonds. The Bertz CT molecular complexity index is 909. The summed E-state index contributed by atoms with van der Waals surface area (Å²) in [5.74, 6) is 3.02. The van der Waals surface area contributed by atoms with Crippen molar-refractivity contribution in [1.82, 2.24) is 5.32 Å². The minimum Gasteiger partial charge on any atom is -0.496 e. The van der Waals surface area contributed by atoms with E-state index < -0.39 is 0 Å². The van der Waals surface area contributed by atoms with Gasteiger partial charge in [0.25, 0.3) is 5.91 Å². The summed E-state index contributed by atoms with van der Waals surface area (Å²) in [5.41, 5.74) is 7.30. The van der Waals surface area contributed by atoms with Crippen LogP contribution in [0.3, 0.4) is 0 Å². The quantitative estimate of drug-likeness (QED) is 0.672. The largest absolute Gasteiger partial charge is 0.496 e. The number of hydrogen-bond donors (Lipinski definition) is 2. The Morgan fingerprint density at radius 3 is 2.68 bits per heavy atom. The number of aryl methyl sites for hydroxylation is 1. The van der Waals surface area contributed by atoms with E-state index >= 15 is 0 Å². The summed E-state index contributed by atoms with van der Waals surface area (Å²) < 4.78 is 22.3. The highest BCUT2D eigenvalue weighted by molar-refractivity contribution is 5.94. The van der Waals surface area contributed by atoms with Gasteiger partial charge >= 0.3 is 0 Å². The van der Waals surface area contributed by atoms with Crippen LogP contribution in [0.5, 0.6) is 23.0 Å². The fraction of sp³-hybridized carbons (Fsp3) is 0.458. The SMILES string of the molecule is COc1ccc(C(=O)NC2CCC(Oc3ccc4c(c3)OCO4)CC2)cc1CCCN. The van der Waals surface area contributed by atoms with E-state index in [0.717, 1.165) is 67.1 Å². The van der Waals surface area contributed by atoms with E-state index in [1.807, 2.05) is 36.4 Å². The Labute approximate surface area is 182 Å². The molecule has 4 rings (SSSR count). The maximum absolute atomic E-state index is 12.8. The molecular weight excluding hydrogens is 396 g/mol. The summed E-state index contributed by atoms with van der Waals surface area (Å²) in [5, 5.41) is 3.18. The molecule has 1 saturated carbocycles. The van der Waals surface area contributed by atoms with Gasteiger partial charge in [-0.3, -0.25) is 4.79 Å². The van der Waals surface area contributed by atoms with Crippen LogP contribution in [-0.4, -0.2) is 38.5 Å². The second kappa shape index (κ2) is 9.92. The first kappa shape index (κ1) is 21.3. The first-order valence-electron chi connectivity index (χ1n) is 10.9. The van der Waals surface area contributed by atoms with Crippen molar-refractivity contribution in [3.05, 3.63) is 47.5 Å². The van der Waals surface area contributed by atoms with E-state index in [2.05, 4.69) is 5.32 Å². The third-order valence-electron chi connectivity index (χ3n) is 5.85. The van der Waals surface area contributed by atoms with Gasteiger partial charge < -0.3 is 30.0 Å². The number of benzene rings is 2. The highest BCUT2D eigenvalue weighted by Gasteiger charge is 2.25. The molecule has 2 aromatic carbocycles. The molecule has 0 atom stereocenters. The number of carbonyl (C=O) groups excluding carboxylic acids is 1. The molecule has 166 valence electrons. The van der Waals surface area contributed by atoms with Crippen molar-refractivity contribution in [3.63, 3.8) is 0 Å². The van der Waals surface area contributed by atoms with E-state index in [4.69, 9.17) is 24.7 Å². The Morgan fingerprint density at radius 2 is 1.90 bits per heavy atom. The van der Waals surface area contributed by atoms with Crippen LogP contribution in [0.2, 0.25) is 0 Å². The summed E-state index contributed by atoms with van der Waals surface area (Å²) in [7, 11) is 1.64. The molecule has 31 heavy (non-hydrogen) atoms. The minimum absolute atomic E-state index is 0.0446. The molecule has 1 aliphatic heterocycles. The number of ether oxygens (including phenoxy) is 4. The number of hydrogen-bond acceptors (Lipinski definition) is 6. The Morgan fingerprint density at radius 1 is 1.10 bits per heavy atom. The lowest BCUT2D eigenvalue weighted by Crippen LogP contribution is -2.39. The molecule has 2 aliphatic rings. The zero-order valence-electron chi connectivity index (χ0n) is 17.9. The predicted octanol–water partition coefficient (Wildman–Crippen LogP) is 3.44. The lowest BCUT2D eigenvalue weighted by Gasteiger charge is -2.29. The molecule has 0 aromatic heterocycles. The number of nitrogens with two attached hydrogens (primary N) is 1. The molecule has 0 bridgehead atoms. The zero-order valence-corrected chi connectivity index (χ0v) is 17.9. The highest BCUT2D eigenvalue weighted by atomic mass is 16.7. The Balaban J connectivity index is 1.29. The second-order valence-corrected chi connectivity index (χ2v) is 8.00. The van der Waals surface area contributed by atoms with Crippen LogP contribution in [0, 0.1) is 0 Å². The van der Waals surface area contributed by atoms with Crippen LogP contribution < -0.4 is 30.0 Å². The lowest BCUT2D eigenvalue weighted by atomic mass is 9.92. The van der Waals surface area contributed by atoms with Gasteiger partial charge in [-0.05, 0) is 81.0 Å².